The quantitative estimate of drug-likeness (QED) is 0.831. The van der Waals surface area contributed by atoms with Gasteiger partial charge in [0.1, 0.15) is 11.0 Å². The third-order valence-electron chi connectivity index (χ3n) is 2.58. The summed E-state index contributed by atoms with van der Waals surface area (Å²) in [6.07, 6.45) is 4.26. The van der Waals surface area contributed by atoms with Crippen molar-refractivity contribution in [3.8, 4) is 0 Å². The fourth-order valence-corrected chi connectivity index (χ4v) is 1.87. The molecule has 106 valence electrons. The van der Waals surface area contributed by atoms with Gasteiger partial charge in [0, 0.05) is 25.4 Å². The Balaban J connectivity index is 2.14. The lowest BCUT2D eigenvalue weighted by Crippen LogP contribution is -2.13. The number of hydrogen-bond acceptors (Lipinski definition) is 4. The summed E-state index contributed by atoms with van der Waals surface area (Å²) in [4.78, 5) is 16.3. The van der Waals surface area contributed by atoms with Crippen molar-refractivity contribution in [1.82, 2.24) is 14.8 Å². The summed E-state index contributed by atoms with van der Waals surface area (Å²) in [5.41, 5.74) is 1.08. The summed E-state index contributed by atoms with van der Waals surface area (Å²) < 4.78 is 1.61. The molecule has 2 aromatic rings. The highest BCUT2D eigenvalue weighted by Crippen LogP contribution is 2.16. The number of nitrogens with zero attached hydrogens (tertiary/aromatic N) is 3. The van der Waals surface area contributed by atoms with Gasteiger partial charge < -0.3 is 10.6 Å². The first kappa shape index (κ1) is 14.3. The molecule has 20 heavy (non-hydrogen) atoms. The minimum atomic E-state index is -0.248. The number of pyridine rings is 1. The minimum Gasteiger partial charge on any atom is -0.370 e. The maximum absolute atomic E-state index is 12.1. The van der Waals surface area contributed by atoms with Gasteiger partial charge in [-0.05, 0) is 18.6 Å². The fraction of sp³-hybridized carbons (Fsp3) is 0.308. The molecular weight excluding hydrogens is 278 g/mol. The molecule has 2 aromatic heterocycles. The van der Waals surface area contributed by atoms with Crippen LogP contribution in [0.3, 0.4) is 0 Å². The van der Waals surface area contributed by atoms with Gasteiger partial charge in [0.15, 0.2) is 0 Å². The molecule has 0 unspecified atom stereocenters. The molecule has 0 aliphatic rings. The Hall–Kier alpha value is -2.08. The first-order valence-corrected chi connectivity index (χ1v) is 6.67. The van der Waals surface area contributed by atoms with Gasteiger partial charge >= 0.3 is 0 Å². The third kappa shape index (κ3) is 3.71. The van der Waals surface area contributed by atoms with Crippen LogP contribution in [0.25, 0.3) is 0 Å². The van der Waals surface area contributed by atoms with Crippen molar-refractivity contribution in [3.63, 3.8) is 0 Å². The minimum absolute atomic E-state index is 0.248. The van der Waals surface area contributed by atoms with Crippen LogP contribution in [-0.4, -0.2) is 27.2 Å². The fourth-order valence-electron chi connectivity index (χ4n) is 1.66. The number of aryl methyl sites for hydroxylation is 1. The second-order valence-electron chi connectivity index (χ2n) is 4.35. The van der Waals surface area contributed by atoms with Crippen LogP contribution in [0.2, 0.25) is 5.15 Å². The molecule has 0 spiro atoms. The monoisotopic (exact) mass is 293 g/mol. The zero-order valence-electron chi connectivity index (χ0n) is 11.4. The lowest BCUT2D eigenvalue weighted by atomic mass is 10.2. The predicted molar refractivity (Wildman–Crippen MR) is 79.2 cm³/mol. The molecule has 0 aliphatic heterocycles. The van der Waals surface area contributed by atoms with Crippen LogP contribution in [0.5, 0.6) is 0 Å². The SMILES string of the molecule is CCCNc1cc(C(=O)Nc2cnn(C)c2)cc(Cl)n1. The smallest absolute Gasteiger partial charge is 0.255 e. The zero-order chi connectivity index (χ0) is 14.5. The molecule has 7 heteroatoms. The molecule has 0 saturated heterocycles. The van der Waals surface area contributed by atoms with E-state index in [2.05, 4.69) is 20.7 Å². The van der Waals surface area contributed by atoms with E-state index in [9.17, 15) is 4.79 Å². The van der Waals surface area contributed by atoms with Crippen molar-refractivity contribution >= 4 is 29.0 Å². The Kier molecular flexibility index (Phi) is 4.57. The van der Waals surface area contributed by atoms with Gasteiger partial charge in [-0.15, -0.1) is 0 Å². The van der Waals surface area contributed by atoms with Crippen molar-refractivity contribution < 1.29 is 4.79 Å². The number of rotatable bonds is 5. The Bertz CT molecular complexity index is 611. The van der Waals surface area contributed by atoms with Gasteiger partial charge in [0.05, 0.1) is 11.9 Å². The molecular formula is C13H16ClN5O. The van der Waals surface area contributed by atoms with Crippen LogP contribution >= 0.6 is 11.6 Å². The van der Waals surface area contributed by atoms with Crippen LogP contribution in [-0.2, 0) is 7.05 Å². The average molecular weight is 294 g/mol. The number of amides is 1. The zero-order valence-corrected chi connectivity index (χ0v) is 12.1. The summed E-state index contributed by atoms with van der Waals surface area (Å²) in [5.74, 6) is 0.345. The van der Waals surface area contributed by atoms with Crippen molar-refractivity contribution in [2.24, 2.45) is 7.05 Å². The molecule has 0 bridgehead atoms. The molecule has 0 aliphatic carbocycles. The molecule has 0 atom stereocenters. The maximum Gasteiger partial charge on any atom is 0.255 e. The molecule has 6 nitrogen and oxygen atoms in total. The molecule has 0 radical (unpaired) electrons. The van der Waals surface area contributed by atoms with Gasteiger partial charge in [-0.1, -0.05) is 18.5 Å². The first-order valence-electron chi connectivity index (χ1n) is 6.30. The lowest BCUT2D eigenvalue weighted by Gasteiger charge is -2.07. The number of hydrogen-bond donors (Lipinski definition) is 2. The van der Waals surface area contributed by atoms with Crippen LogP contribution in [0.1, 0.15) is 23.7 Å². The van der Waals surface area contributed by atoms with E-state index in [0.29, 0.717) is 17.1 Å². The van der Waals surface area contributed by atoms with Crippen LogP contribution in [0, 0.1) is 0 Å². The topological polar surface area (TPSA) is 71.8 Å². The molecule has 0 fully saturated rings. The van der Waals surface area contributed by atoms with E-state index in [1.54, 1.807) is 30.2 Å². The van der Waals surface area contributed by atoms with Crippen LogP contribution < -0.4 is 10.6 Å². The Labute approximate surface area is 122 Å². The molecule has 2 heterocycles. The van der Waals surface area contributed by atoms with Gasteiger partial charge in [-0.2, -0.15) is 5.10 Å². The number of anilines is 2. The largest absolute Gasteiger partial charge is 0.370 e. The van der Waals surface area contributed by atoms with Crippen molar-refractivity contribution in [1.29, 1.82) is 0 Å². The van der Waals surface area contributed by atoms with Crippen molar-refractivity contribution in [2.45, 2.75) is 13.3 Å². The number of carbonyl (C=O) groups excluding carboxylic acids is 1. The summed E-state index contributed by atoms with van der Waals surface area (Å²) in [5, 5.41) is 10.1. The van der Waals surface area contributed by atoms with Crippen molar-refractivity contribution in [3.05, 3.63) is 35.2 Å². The van der Waals surface area contributed by atoms with E-state index >= 15 is 0 Å². The highest BCUT2D eigenvalue weighted by Gasteiger charge is 2.10. The summed E-state index contributed by atoms with van der Waals surface area (Å²) >= 11 is 5.93. The Morgan fingerprint density at radius 3 is 2.90 bits per heavy atom. The normalized spacial score (nSPS) is 10.3. The third-order valence-corrected chi connectivity index (χ3v) is 2.77. The average Bonchev–Trinajstić information content (AvgIpc) is 2.81. The standard InChI is InChI=1S/C13H16ClN5O/c1-3-4-15-12-6-9(5-11(14)18-12)13(20)17-10-7-16-19(2)8-10/h5-8H,3-4H2,1-2H3,(H,15,18)(H,17,20). The second-order valence-corrected chi connectivity index (χ2v) is 4.73. The molecule has 0 aromatic carbocycles. The second kappa shape index (κ2) is 6.38. The van der Waals surface area contributed by atoms with Crippen LogP contribution in [0.4, 0.5) is 11.5 Å². The van der Waals surface area contributed by atoms with Gasteiger partial charge in [-0.3, -0.25) is 9.48 Å². The summed E-state index contributed by atoms with van der Waals surface area (Å²) in [7, 11) is 1.78. The first-order chi connectivity index (χ1) is 9.58. The predicted octanol–water partition coefficient (Wildman–Crippen LogP) is 2.54. The summed E-state index contributed by atoms with van der Waals surface area (Å²) in [6, 6.07) is 3.21. The maximum atomic E-state index is 12.1. The number of nitrogens with one attached hydrogen (secondary N) is 2. The van der Waals surface area contributed by atoms with E-state index in [4.69, 9.17) is 11.6 Å². The lowest BCUT2D eigenvalue weighted by molar-refractivity contribution is 0.102. The van der Waals surface area contributed by atoms with Gasteiger partial charge in [0.25, 0.3) is 5.91 Å². The van der Waals surface area contributed by atoms with Crippen molar-refractivity contribution in [2.75, 3.05) is 17.2 Å². The molecule has 2 rings (SSSR count). The highest BCUT2D eigenvalue weighted by atomic mass is 35.5. The van der Waals surface area contributed by atoms with E-state index in [0.717, 1.165) is 13.0 Å². The van der Waals surface area contributed by atoms with Gasteiger partial charge in [-0.25, -0.2) is 4.98 Å². The molecule has 1 amide bonds. The molecule has 2 N–H and O–H groups in total. The number of halogens is 1. The van der Waals surface area contributed by atoms with Crippen LogP contribution in [0.15, 0.2) is 24.5 Å². The van der Waals surface area contributed by atoms with Gasteiger partial charge in [0.2, 0.25) is 0 Å². The number of carbonyl (C=O) groups is 1. The Morgan fingerprint density at radius 2 is 2.25 bits per heavy atom. The highest BCUT2D eigenvalue weighted by molar-refractivity contribution is 6.30. The molecule has 0 saturated carbocycles. The van der Waals surface area contributed by atoms with E-state index < -0.39 is 0 Å². The van der Waals surface area contributed by atoms with E-state index in [-0.39, 0.29) is 11.1 Å². The van der Waals surface area contributed by atoms with E-state index in [1.165, 1.54) is 6.07 Å². The van der Waals surface area contributed by atoms with E-state index in [1.807, 2.05) is 6.92 Å². The summed E-state index contributed by atoms with van der Waals surface area (Å²) in [6.45, 7) is 2.82. The Morgan fingerprint density at radius 1 is 1.45 bits per heavy atom. The number of aromatic nitrogens is 3.